The maximum absolute atomic E-state index is 13.4. The number of benzene rings is 1. The largest absolute Gasteiger partial charge is 0.342 e. The van der Waals surface area contributed by atoms with Gasteiger partial charge < -0.3 is 9.88 Å². The molecule has 4 rings (SSSR count). The molecular weight excluding hydrogens is 387 g/mol. The van der Waals surface area contributed by atoms with Crippen LogP contribution in [-0.4, -0.2) is 30.1 Å². The first-order valence-corrected chi connectivity index (χ1v) is 9.43. The Hall–Kier alpha value is -3.75. The summed E-state index contributed by atoms with van der Waals surface area (Å²) in [6.07, 6.45) is 3.50. The summed E-state index contributed by atoms with van der Waals surface area (Å²) in [5, 5.41) is 5.69. The van der Waals surface area contributed by atoms with Crippen molar-refractivity contribution in [1.82, 2.24) is 29.5 Å². The lowest BCUT2D eigenvalue weighted by atomic mass is 10.0. The number of hydrogen-bond donors (Lipinski definition) is 2. The van der Waals surface area contributed by atoms with Crippen LogP contribution in [0.4, 0.5) is 4.39 Å². The number of carbonyl (C=O) groups excluding carboxylic acids is 1. The number of nitrogens with one attached hydrogen (secondary N) is 2. The highest BCUT2D eigenvalue weighted by Gasteiger charge is 2.22. The van der Waals surface area contributed by atoms with E-state index >= 15 is 0 Å². The number of rotatable bonds is 5. The first-order chi connectivity index (χ1) is 14.3. The van der Waals surface area contributed by atoms with Gasteiger partial charge in [0, 0.05) is 42.5 Å². The highest BCUT2D eigenvalue weighted by Crippen LogP contribution is 2.22. The maximum Gasteiger partial charge on any atom is 0.266 e. The molecule has 154 valence electrons. The molecule has 1 atom stereocenters. The van der Waals surface area contributed by atoms with Gasteiger partial charge in [0.15, 0.2) is 5.65 Å². The molecule has 0 saturated heterocycles. The lowest BCUT2D eigenvalue weighted by molar-refractivity contribution is -0.121. The molecule has 30 heavy (non-hydrogen) atoms. The van der Waals surface area contributed by atoms with Crippen LogP contribution in [0.1, 0.15) is 34.4 Å². The van der Waals surface area contributed by atoms with E-state index in [1.807, 2.05) is 25.5 Å². The number of aromatic amines is 1. The molecule has 0 fully saturated rings. The van der Waals surface area contributed by atoms with Gasteiger partial charge in [-0.2, -0.15) is 0 Å². The van der Waals surface area contributed by atoms with E-state index in [-0.39, 0.29) is 23.7 Å². The smallest absolute Gasteiger partial charge is 0.266 e. The summed E-state index contributed by atoms with van der Waals surface area (Å²) >= 11 is 0. The average Bonchev–Trinajstić information content (AvgIpc) is 3.29. The molecule has 0 saturated carbocycles. The van der Waals surface area contributed by atoms with Crippen molar-refractivity contribution in [3.63, 3.8) is 0 Å². The molecule has 0 bridgehead atoms. The predicted molar refractivity (Wildman–Crippen MR) is 109 cm³/mol. The van der Waals surface area contributed by atoms with Crippen LogP contribution in [-0.2, 0) is 18.3 Å². The fraction of sp³-hybridized carbons (Fsp3) is 0.238. The molecule has 8 nitrogen and oxygen atoms in total. The standard InChI is InChI=1S/C21H21FN6O2/c1-12-16(13(2)28-17(24-12)11-19(30)26-28)10-18(29)25-20(21-23-8-9-27(21)3)14-4-6-15(22)7-5-14/h4-9,11,20H,10H2,1-3H3,(H,25,29)(H,26,30). The van der Waals surface area contributed by atoms with E-state index in [0.29, 0.717) is 17.2 Å². The first kappa shape index (κ1) is 19.6. The zero-order valence-corrected chi connectivity index (χ0v) is 16.8. The fourth-order valence-electron chi connectivity index (χ4n) is 3.59. The molecule has 9 heteroatoms. The van der Waals surface area contributed by atoms with E-state index in [2.05, 4.69) is 20.4 Å². The molecule has 1 unspecified atom stereocenters. The van der Waals surface area contributed by atoms with Crippen LogP contribution in [0.2, 0.25) is 0 Å². The number of amides is 1. The van der Waals surface area contributed by atoms with Crippen molar-refractivity contribution < 1.29 is 9.18 Å². The van der Waals surface area contributed by atoms with E-state index in [4.69, 9.17) is 0 Å². The van der Waals surface area contributed by atoms with Crippen LogP contribution in [0.25, 0.3) is 5.65 Å². The minimum absolute atomic E-state index is 0.0724. The Morgan fingerprint density at radius 2 is 2.00 bits per heavy atom. The monoisotopic (exact) mass is 408 g/mol. The second-order valence-corrected chi connectivity index (χ2v) is 7.20. The van der Waals surface area contributed by atoms with Gasteiger partial charge in [-0.05, 0) is 31.5 Å². The van der Waals surface area contributed by atoms with E-state index in [9.17, 15) is 14.0 Å². The normalized spacial score (nSPS) is 12.3. The third kappa shape index (κ3) is 3.61. The van der Waals surface area contributed by atoms with Crippen LogP contribution in [0.5, 0.6) is 0 Å². The van der Waals surface area contributed by atoms with Gasteiger partial charge >= 0.3 is 0 Å². The zero-order valence-electron chi connectivity index (χ0n) is 16.8. The topological polar surface area (TPSA) is 97.1 Å². The van der Waals surface area contributed by atoms with Crippen molar-refractivity contribution in [2.45, 2.75) is 26.3 Å². The summed E-state index contributed by atoms with van der Waals surface area (Å²) in [6.45, 7) is 3.64. The van der Waals surface area contributed by atoms with Gasteiger partial charge in [0.05, 0.1) is 6.42 Å². The van der Waals surface area contributed by atoms with Crippen molar-refractivity contribution >= 4 is 11.6 Å². The molecule has 3 heterocycles. The van der Waals surface area contributed by atoms with Gasteiger partial charge in [-0.25, -0.2) is 18.9 Å². The predicted octanol–water partition coefficient (Wildman–Crippen LogP) is 1.96. The number of nitrogens with zero attached hydrogens (tertiary/aromatic N) is 4. The number of fused-ring (bicyclic) bond motifs is 1. The lowest BCUT2D eigenvalue weighted by Crippen LogP contribution is -2.32. The summed E-state index contributed by atoms with van der Waals surface area (Å²) in [7, 11) is 1.83. The van der Waals surface area contributed by atoms with Crippen molar-refractivity contribution in [2.24, 2.45) is 7.05 Å². The summed E-state index contributed by atoms with van der Waals surface area (Å²) in [5.74, 6) is 0.0379. The number of H-pyrrole nitrogens is 1. The number of carbonyl (C=O) groups is 1. The van der Waals surface area contributed by atoms with E-state index in [0.717, 1.165) is 16.8 Å². The van der Waals surface area contributed by atoms with E-state index < -0.39 is 6.04 Å². The lowest BCUT2D eigenvalue weighted by Gasteiger charge is -2.20. The number of halogens is 1. The third-order valence-corrected chi connectivity index (χ3v) is 5.17. The molecule has 0 radical (unpaired) electrons. The Labute approximate surface area is 171 Å². The van der Waals surface area contributed by atoms with E-state index in [1.165, 1.54) is 18.2 Å². The summed E-state index contributed by atoms with van der Waals surface area (Å²) in [6, 6.07) is 6.84. The number of aryl methyl sites for hydroxylation is 3. The molecule has 0 spiro atoms. The van der Waals surface area contributed by atoms with Crippen LogP contribution in [0.3, 0.4) is 0 Å². The highest BCUT2D eigenvalue weighted by atomic mass is 19.1. The Morgan fingerprint density at radius 3 is 2.67 bits per heavy atom. The van der Waals surface area contributed by atoms with Gasteiger partial charge in [-0.15, -0.1) is 0 Å². The Balaban J connectivity index is 1.65. The summed E-state index contributed by atoms with van der Waals surface area (Å²) < 4.78 is 16.8. The number of aromatic nitrogens is 5. The van der Waals surface area contributed by atoms with Crippen LogP contribution >= 0.6 is 0 Å². The second-order valence-electron chi connectivity index (χ2n) is 7.20. The molecule has 1 amide bonds. The Morgan fingerprint density at radius 1 is 1.27 bits per heavy atom. The third-order valence-electron chi connectivity index (χ3n) is 5.17. The van der Waals surface area contributed by atoms with Gasteiger partial charge in [-0.1, -0.05) is 12.1 Å². The fourth-order valence-corrected chi connectivity index (χ4v) is 3.59. The molecule has 0 aliphatic carbocycles. The van der Waals surface area contributed by atoms with Crippen LogP contribution in [0.15, 0.2) is 47.5 Å². The van der Waals surface area contributed by atoms with E-state index in [1.54, 1.807) is 29.0 Å². The van der Waals surface area contributed by atoms with Crippen LogP contribution in [0, 0.1) is 19.7 Å². The Kier molecular flexibility index (Phi) is 4.94. The van der Waals surface area contributed by atoms with Crippen molar-refractivity contribution in [3.8, 4) is 0 Å². The summed E-state index contributed by atoms with van der Waals surface area (Å²) in [5.41, 5.74) is 3.12. The minimum atomic E-state index is -0.540. The molecule has 0 aliphatic rings. The molecule has 0 aliphatic heterocycles. The second kappa shape index (κ2) is 7.58. The van der Waals surface area contributed by atoms with Crippen molar-refractivity contribution in [3.05, 3.63) is 87.2 Å². The average molecular weight is 408 g/mol. The van der Waals surface area contributed by atoms with Gasteiger partial charge in [0.2, 0.25) is 5.91 Å². The molecular formula is C21H21FN6O2. The number of imidazole rings is 1. The van der Waals surface area contributed by atoms with Gasteiger partial charge in [0.25, 0.3) is 5.56 Å². The maximum atomic E-state index is 13.4. The zero-order chi connectivity index (χ0) is 21.4. The van der Waals surface area contributed by atoms with Crippen LogP contribution < -0.4 is 10.9 Å². The van der Waals surface area contributed by atoms with Gasteiger partial charge in [-0.3, -0.25) is 14.7 Å². The highest BCUT2D eigenvalue weighted by molar-refractivity contribution is 5.80. The molecule has 2 N–H and O–H groups in total. The first-order valence-electron chi connectivity index (χ1n) is 9.43. The molecule has 4 aromatic rings. The summed E-state index contributed by atoms with van der Waals surface area (Å²) in [4.78, 5) is 33.4. The molecule has 3 aromatic heterocycles. The number of hydrogen-bond acceptors (Lipinski definition) is 4. The van der Waals surface area contributed by atoms with Crippen molar-refractivity contribution in [2.75, 3.05) is 0 Å². The quantitative estimate of drug-likeness (QED) is 0.528. The van der Waals surface area contributed by atoms with Gasteiger partial charge in [0.1, 0.15) is 17.7 Å². The Bertz CT molecular complexity index is 1290. The molecule has 1 aromatic carbocycles. The minimum Gasteiger partial charge on any atom is -0.342 e. The van der Waals surface area contributed by atoms with Crippen molar-refractivity contribution in [1.29, 1.82) is 0 Å². The SMILES string of the molecule is Cc1nc2cc(=O)[nH]n2c(C)c1CC(=O)NC(c1ccc(F)cc1)c1nccn1C.